The molecule has 2 rings (SSSR count). The van der Waals surface area contributed by atoms with Crippen molar-refractivity contribution in [1.82, 2.24) is 9.82 Å². The van der Waals surface area contributed by atoms with E-state index in [2.05, 4.69) is 14.9 Å². The maximum absolute atomic E-state index is 11.9. The molecule has 0 radical (unpaired) electrons. The first-order chi connectivity index (χ1) is 9.12. The number of aromatic nitrogens is 1. The number of methoxy groups -OCH3 is 1. The zero-order valence-electron chi connectivity index (χ0n) is 10.2. The highest BCUT2D eigenvalue weighted by molar-refractivity contribution is 7.89. The number of hydrogen-bond acceptors (Lipinski definition) is 4. The summed E-state index contributed by atoms with van der Waals surface area (Å²) in [5, 5.41) is 3.68. The third-order valence-corrected chi connectivity index (χ3v) is 3.61. The van der Waals surface area contributed by atoms with Crippen LogP contribution in [0.4, 0.5) is 0 Å². The molecule has 0 amide bonds. The first-order valence-corrected chi connectivity index (χ1v) is 6.92. The van der Waals surface area contributed by atoms with Gasteiger partial charge in [0.05, 0.1) is 23.9 Å². The molecule has 1 aromatic heterocycles. The van der Waals surface area contributed by atoms with Crippen molar-refractivity contribution in [2.24, 2.45) is 5.10 Å². The molecule has 6 nitrogen and oxygen atoms in total. The summed E-state index contributed by atoms with van der Waals surface area (Å²) >= 11 is 0. The molecule has 100 valence electrons. The van der Waals surface area contributed by atoms with Gasteiger partial charge in [-0.05, 0) is 36.4 Å². The molecule has 1 heterocycles. The summed E-state index contributed by atoms with van der Waals surface area (Å²) in [6, 6.07) is 9.60. The van der Waals surface area contributed by atoms with E-state index in [4.69, 9.17) is 4.74 Å². The molecule has 0 aliphatic rings. The van der Waals surface area contributed by atoms with E-state index in [1.54, 1.807) is 30.5 Å². The summed E-state index contributed by atoms with van der Waals surface area (Å²) in [5.41, 5.74) is 0.706. The number of H-pyrrole nitrogens is 1. The summed E-state index contributed by atoms with van der Waals surface area (Å²) in [6.45, 7) is 0. The van der Waals surface area contributed by atoms with Gasteiger partial charge in [0.1, 0.15) is 5.75 Å². The van der Waals surface area contributed by atoms with E-state index in [1.807, 2.05) is 0 Å². The third-order valence-electron chi connectivity index (χ3n) is 2.37. The molecule has 0 unspecified atom stereocenters. The van der Waals surface area contributed by atoms with Gasteiger partial charge in [-0.25, -0.2) is 4.83 Å². The Morgan fingerprint density at radius 3 is 2.58 bits per heavy atom. The lowest BCUT2D eigenvalue weighted by Gasteiger charge is -2.04. The lowest BCUT2D eigenvalue weighted by atomic mass is 10.3. The highest BCUT2D eigenvalue weighted by Crippen LogP contribution is 2.15. The lowest BCUT2D eigenvalue weighted by molar-refractivity contribution is 0.414. The summed E-state index contributed by atoms with van der Waals surface area (Å²) in [4.78, 5) is 5.13. The molecular weight excluding hydrogens is 266 g/mol. The van der Waals surface area contributed by atoms with Crippen molar-refractivity contribution in [1.29, 1.82) is 0 Å². The van der Waals surface area contributed by atoms with Crippen LogP contribution in [0.5, 0.6) is 5.75 Å². The lowest BCUT2D eigenvalue weighted by Crippen LogP contribution is -2.18. The Balaban J connectivity index is 2.09. The van der Waals surface area contributed by atoms with E-state index in [0.717, 1.165) is 0 Å². The Hall–Kier alpha value is -2.28. The minimum atomic E-state index is -3.66. The molecule has 0 spiro atoms. The van der Waals surface area contributed by atoms with Crippen LogP contribution in [0.25, 0.3) is 0 Å². The molecule has 0 saturated heterocycles. The highest BCUT2D eigenvalue weighted by Gasteiger charge is 2.12. The largest absolute Gasteiger partial charge is 0.497 e. The van der Waals surface area contributed by atoms with Crippen molar-refractivity contribution in [3.8, 4) is 5.75 Å². The zero-order chi connectivity index (χ0) is 13.7. The van der Waals surface area contributed by atoms with E-state index in [0.29, 0.717) is 11.4 Å². The number of benzene rings is 1. The van der Waals surface area contributed by atoms with Crippen LogP contribution in [0.3, 0.4) is 0 Å². The Kier molecular flexibility index (Phi) is 3.86. The number of sulfonamides is 1. The number of rotatable bonds is 5. The molecule has 0 bridgehead atoms. The van der Waals surface area contributed by atoms with Crippen LogP contribution >= 0.6 is 0 Å². The molecule has 7 heteroatoms. The van der Waals surface area contributed by atoms with E-state index in [-0.39, 0.29) is 4.90 Å². The maximum atomic E-state index is 11.9. The minimum absolute atomic E-state index is 0.122. The van der Waals surface area contributed by atoms with Crippen LogP contribution in [0.2, 0.25) is 0 Å². The van der Waals surface area contributed by atoms with Crippen LogP contribution in [0.15, 0.2) is 52.6 Å². The van der Waals surface area contributed by atoms with Gasteiger partial charge in [-0.1, -0.05) is 0 Å². The van der Waals surface area contributed by atoms with Crippen LogP contribution in [-0.4, -0.2) is 26.7 Å². The second-order valence-corrected chi connectivity index (χ2v) is 5.31. The average molecular weight is 279 g/mol. The standard InChI is InChI=1S/C12H13N3O3S/c1-18-11-4-6-12(7-5-11)19(16,17)15-14-9-10-3-2-8-13-10/h2-9,13,15H,1H3/b14-9-. The van der Waals surface area contributed by atoms with E-state index >= 15 is 0 Å². The van der Waals surface area contributed by atoms with E-state index < -0.39 is 10.0 Å². The molecular formula is C12H13N3O3S. The summed E-state index contributed by atoms with van der Waals surface area (Å²) in [5.74, 6) is 0.592. The van der Waals surface area contributed by atoms with Gasteiger partial charge in [-0.15, -0.1) is 0 Å². The van der Waals surface area contributed by atoms with Crippen LogP contribution in [-0.2, 0) is 10.0 Å². The van der Waals surface area contributed by atoms with Gasteiger partial charge in [0.25, 0.3) is 10.0 Å². The smallest absolute Gasteiger partial charge is 0.276 e. The number of aromatic amines is 1. The number of hydrazone groups is 1. The Labute approximate surface area is 111 Å². The van der Waals surface area contributed by atoms with E-state index in [9.17, 15) is 8.42 Å². The zero-order valence-corrected chi connectivity index (χ0v) is 11.0. The van der Waals surface area contributed by atoms with Crippen molar-refractivity contribution in [3.05, 3.63) is 48.3 Å². The predicted molar refractivity (Wildman–Crippen MR) is 71.7 cm³/mol. The molecule has 19 heavy (non-hydrogen) atoms. The quantitative estimate of drug-likeness (QED) is 0.640. The molecule has 0 fully saturated rings. The number of hydrogen-bond donors (Lipinski definition) is 2. The summed E-state index contributed by atoms with van der Waals surface area (Å²) in [7, 11) is -2.14. The molecule has 1 aromatic carbocycles. The predicted octanol–water partition coefficient (Wildman–Crippen LogP) is 1.34. The fourth-order valence-corrected chi connectivity index (χ4v) is 2.19. The molecule has 2 N–H and O–H groups in total. The Morgan fingerprint density at radius 2 is 2.00 bits per heavy atom. The maximum Gasteiger partial charge on any atom is 0.276 e. The molecule has 2 aromatic rings. The van der Waals surface area contributed by atoms with Crippen LogP contribution in [0.1, 0.15) is 5.69 Å². The van der Waals surface area contributed by atoms with Crippen molar-refractivity contribution >= 4 is 16.2 Å². The van der Waals surface area contributed by atoms with Gasteiger partial charge in [0, 0.05) is 6.20 Å². The molecule has 0 saturated carbocycles. The van der Waals surface area contributed by atoms with Gasteiger partial charge in [-0.3, -0.25) is 0 Å². The second-order valence-electron chi connectivity index (χ2n) is 3.65. The van der Waals surface area contributed by atoms with Crippen molar-refractivity contribution in [2.75, 3.05) is 7.11 Å². The molecule has 0 atom stereocenters. The SMILES string of the molecule is COc1ccc(S(=O)(=O)N/N=C\c2ccc[nH]2)cc1. The van der Waals surface area contributed by atoms with Crippen molar-refractivity contribution in [2.45, 2.75) is 4.90 Å². The van der Waals surface area contributed by atoms with Gasteiger partial charge in [0.2, 0.25) is 0 Å². The van der Waals surface area contributed by atoms with Crippen molar-refractivity contribution in [3.63, 3.8) is 0 Å². The molecule has 0 aliphatic heterocycles. The highest BCUT2D eigenvalue weighted by atomic mass is 32.2. The average Bonchev–Trinajstić information content (AvgIpc) is 2.92. The fourth-order valence-electron chi connectivity index (χ4n) is 1.40. The van der Waals surface area contributed by atoms with Gasteiger partial charge in [-0.2, -0.15) is 13.5 Å². The minimum Gasteiger partial charge on any atom is -0.497 e. The first kappa shape index (κ1) is 13.2. The topological polar surface area (TPSA) is 83.6 Å². The third kappa shape index (κ3) is 3.35. The van der Waals surface area contributed by atoms with Gasteiger partial charge in [0.15, 0.2) is 0 Å². The molecule has 0 aliphatic carbocycles. The fraction of sp³-hybridized carbons (Fsp3) is 0.0833. The normalized spacial score (nSPS) is 11.6. The van der Waals surface area contributed by atoms with Crippen LogP contribution < -0.4 is 9.57 Å². The monoisotopic (exact) mass is 279 g/mol. The van der Waals surface area contributed by atoms with Crippen molar-refractivity contribution < 1.29 is 13.2 Å². The van der Waals surface area contributed by atoms with Gasteiger partial charge >= 0.3 is 0 Å². The number of nitrogens with zero attached hydrogens (tertiary/aromatic N) is 1. The Morgan fingerprint density at radius 1 is 1.26 bits per heavy atom. The van der Waals surface area contributed by atoms with Crippen LogP contribution in [0, 0.1) is 0 Å². The second kappa shape index (κ2) is 5.57. The summed E-state index contributed by atoms with van der Waals surface area (Å²) < 4.78 is 28.7. The van der Waals surface area contributed by atoms with E-state index in [1.165, 1.54) is 25.5 Å². The number of ether oxygens (including phenoxy) is 1. The Bertz CT molecular complexity index is 646. The van der Waals surface area contributed by atoms with Gasteiger partial charge < -0.3 is 9.72 Å². The summed E-state index contributed by atoms with van der Waals surface area (Å²) in [6.07, 6.45) is 3.11. The first-order valence-electron chi connectivity index (χ1n) is 5.44. The number of nitrogens with one attached hydrogen (secondary N) is 2.